The number of nitrogens with zero attached hydrogens (tertiary/aromatic N) is 3. The lowest BCUT2D eigenvalue weighted by Crippen LogP contribution is -2.24. The molecule has 2 heterocycles. The first-order valence-corrected chi connectivity index (χ1v) is 5.95. The van der Waals surface area contributed by atoms with Gasteiger partial charge in [-0.05, 0) is 25.1 Å². The lowest BCUT2D eigenvalue weighted by atomic mass is 10.2. The number of hydrogen-bond acceptors (Lipinski definition) is 4. The van der Waals surface area contributed by atoms with Crippen molar-refractivity contribution in [1.29, 1.82) is 0 Å². The molecule has 110 valence electrons. The molecule has 1 N–H and O–H groups in total. The SMILES string of the molecule is Cc1cc(CNC(=O)c2ccc(C(F)(F)F)nc2)ncn1. The van der Waals surface area contributed by atoms with Crippen molar-refractivity contribution < 1.29 is 18.0 Å². The third kappa shape index (κ3) is 3.98. The van der Waals surface area contributed by atoms with Crippen molar-refractivity contribution in [1.82, 2.24) is 20.3 Å². The number of pyridine rings is 1. The van der Waals surface area contributed by atoms with E-state index in [1.807, 2.05) is 0 Å². The van der Waals surface area contributed by atoms with E-state index < -0.39 is 17.8 Å². The summed E-state index contributed by atoms with van der Waals surface area (Å²) in [6, 6.07) is 3.55. The second-order valence-electron chi connectivity index (χ2n) is 4.26. The second kappa shape index (κ2) is 5.86. The summed E-state index contributed by atoms with van der Waals surface area (Å²) in [5.74, 6) is -0.521. The van der Waals surface area contributed by atoms with Gasteiger partial charge in [0.15, 0.2) is 0 Å². The zero-order valence-corrected chi connectivity index (χ0v) is 11.0. The first kappa shape index (κ1) is 14.9. The van der Waals surface area contributed by atoms with Gasteiger partial charge in [-0.3, -0.25) is 9.78 Å². The highest BCUT2D eigenvalue weighted by molar-refractivity contribution is 5.93. The molecule has 0 saturated carbocycles. The van der Waals surface area contributed by atoms with Gasteiger partial charge in [-0.25, -0.2) is 9.97 Å². The minimum Gasteiger partial charge on any atom is -0.346 e. The molecule has 0 aromatic carbocycles. The van der Waals surface area contributed by atoms with E-state index in [-0.39, 0.29) is 12.1 Å². The van der Waals surface area contributed by atoms with Gasteiger partial charge in [0.1, 0.15) is 12.0 Å². The van der Waals surface area contributed by atoms with Crippen molar-refractivity contribution in [2.75, 3.05) is 0 Å². The Labute approximate surface area is 118 Å². The monoisotopic (exact) mass is 296 g/mol. The number of carbonyl (C=O) groups excluding carboxylic acids is 1. The topological polar surface area (TPSA) is 67.8 Å². The van der Waals surface area contributed by atoms with E-state index in [2.05, 4.69) is 20.3 Å². The van der Waals surface area contributed by atoms with Gasteiger partial charge in [0.2, 0.25) is 0 Å². The van der Waals surface area contributed by atoms with Crippen LogP contribution in [0.1, 0.15) is 27.4 Å². The minimum absolute atomic E-state index is 0.0498. The maximum atomic E-state index is 12.4. The lowest BCUT2D eigenvalue weighted by molar-refractivity contribution is -0.141. The number of aromatic nitrogens is 3. The molecule has 0 saturated heterocycles. The minimum atomic E-state index is -4.52. The van der Waals surface area contributed by atoms with Crippen LogP contribution in [0.2, 0.25) is 0 Å². The Balaban J connectivity index is 2.00. The molecule has 0 unspecified atom stereocenters. The number of carbonyl (C=O) groups is 1. The largest absolute Gasteiger partial charge is 0.433 e. The molecule has 0 aliphatic rings. The van der Waals surface area contributed by atoms with Crippen LogP contribution in [0.3, 0.4) is 0 Å². The average Bonchev–Trinajstić information content (AvgIpc) is 2.44. The summed E-state index contributed by atoms with van der Waals surface area (Å²) in [6.45, 7) is 1.94. The molecule has 0 aliphatic heterocycles. The Morgan fingerprint density at radius 1 is 1.24 bits per heavy atom. The van der Waals surface area contributed by atoms with Gasteiger partial charge in [-0.2, -0.15) is 13.2 Å². The number of hydrogen-bond donors (Lipinski definition) is 1. The van der Waals surface area contributed by atoms with Crippen LogP contribution in [0.25, 0.3) is 0 Å². The van der Waals surface area contributed by atoms with Crippen LogP contribution >= 0.6 is 0 Å². The van der Waals surface area contributed by atoms with Crippen molar-refractivity contribution >= 4 is 5.91 Å². The molecule has 5 nitrogen and oxygen atoms in total. The summed E-state index contributed by atoms with van der Waals surface area (Å²) in [5, 5.41) is 2.55. The number of amides is 1. The number of nitrogens with one attached hydrogen (secondary N) is 1. The standard InChI is InChI=1S/C13H11F3N4O/c1-8-4-10(20-7-19-8)6-18-12(21)9-2-3-11(17-5-9)13(14,15)16/h2-5,7H,6H2,1H3,(H,18,21). The fourth-order valence-electron chi connectivity index (χ4n) is 1.58. The normalized spacial score (nSPS) is 11.2. The molecule has 0 aliphatic carbocycles. The summed E-state index contributed by atoms with van der Waals surface area (Å²) in [5.41, 5.74) is 0.375. The summed E-state index contributed by atoms with van der Waals surface area (Å²) in [7, 11) is 0. The Hall–Kier alpha value is -2.51. The van der Waals surface area contributed by atoms with Crippen LogP contribution in [0, 0.1) is 6.92 Å². The number of rotatable bonds is 3. The summed E-state index contributed by atoms with van der Waals surface area (Å²) < 4.78 is 37.1. The number of alkyl halides is 3. The van der Waals surface area contributed by atoms with E-state index in [9.17, 15) is 18.0 Å². The van der Waals surface area contributed by atoms with Gasteiger partial charge in [-0.15, -0.1) is 0 Å². The quantitative estimate of drug-likeness (QED) is 0.942. The zero-order valence-electron chi connectivity index (χ0n) is 11.0. The number of aryl methyl sites for hydroxylation is 1. The van der Waals surface area contributed by atoms with Crippen LogP contribution in [-0.4, -0.2) is 20.9 Å². The third-order valence-electron chi connectivity index (χ3n) is 2.61. The van der Waals surface area contributed by atoms with Crippen LogP contribution in [0.15, 0.2) is 30.7 Å². The van der Waals surface area contributed by atoms with Gasteiger partial charge in [-0.1, -0.05) is 0 Å². The molecule has 2 aromatic heterocycles. The Morgan fingerprint density at radius 3 is 2.57 bits per heavy atom. The molecule has 2 rings (SSSR count). The van der Waals surface area contributed by atoms with Gasteiger partial charge in [0, 0.05) is 11.9 Å². The fraction of sp³-hybridized carbons (Fsp3) is 0.231. The Morgan fingerprint density at radius 2 is 2.00 bits per heavy atom. The average molecular weight is 296 g/mol. The summed E-state index contributed by atoms with van der Waals surface area (Å²) in [4.78, 5) is 22.9. The molecule has 2 aromatic rings. The molecule has 0 fully saturated rings. The maximum Gasteiger partial charge on any atom is 0.433 e. The van der Waals surface area contributed by atoms with Gasteiger partial charge in [0.25, 0.3) is 5.91 Å². The predicted molar refractivity (Wildman–Crippen MR) is 67.2 cm³/mol. The van der Waals surface area contributed by atoms with Crippen LogP contribution in [0.4, 0.5) is 13.2 Å². The van der Waals surface area contributed by atoms with Crippen LogP contribution < -0.4 is 5.32 Å². The number of halogens is 3. The summed E-state index contributed by atoms with van der Waals surface area (Å²) in [6.07, 6.45) is -2.26. The van der Waals surface area contributed by atoms with Crippen molar-refractivity contribution in [3.8, 4) is 0 Å². The third-order valence-corrected chi connectivity index (χ3v) is 2.61. The van der Waals surface area contributed by atoms with Crippen molar-refractivity contribution in [2.45, 2.75) is 19.6 Å². The molecule has 0 atom stereocenters. The van der Waals surface area contributed by atoms with E-state index in [1.54, 1.807) is 13.0 Å². The highest BCUT2D eigenvalue weighted by Gasteiger charge is 2.32. The smallest absolute Gasteiger partial charge is 0.346 e. The highest BCUT2D eigenvalue weighted by Crippen LogP contribution is 2.27. The van der Waals surface area contributed by atoms with Gasteiger partial charge in [0.05, 0.1) is 17.8 Å². The molecule has 0 spiro atoms. The highest BCUT2D eigenvalue weighted by atomic mass is 19.4. The van der Waals surface area contributed by atoms with Gasteiger partial charge >= 0.3 is 6.18 Å². The molecular weight excluding hydrogens is 285 g/mol. The Kier molecular flexibility index (Phi) is 4.15. The van der Waals surface area contributed by atoms with E-state index in [0.717, 1.165) is 24.0 Å². The molecular formula is C13H11F3N4O. The van der Waals surface area contributed by atoms with E-state index in [1.165, 1.54) is 6.33 Å². The first-order valence-electron chi connectivity index (χ1n) is 5.95. The fourth-order valence-corrected chi connectivity index (χ4v) is 1.58. The summed E-state index contributed by atoms with van der Waals surface area (Å²) >= 11 is 0. The molecule has 0 radical (unpaired) electrons. The van der Waals surface area contributed by atoms with E-state index in [4.69, 9.17) is 0 Å². The van der Waals surface area contributed by atoms with E-state index >= 15 is 0 Å². The van der Waals surface area contributed by atoms with Crippen molar-refractivity contribution in [3.63, 3.8) is 0 Å². The second-order valence-corrected chi connectivity index (χ2v) is 4.26. The zero-order chi connectivity index (χ0) is 15.5. The van der Waals surface area contributed by atoms with Crippen LogP contribution in [0.5, 0.6) is 0 Å². The molecule has 1 amide bonds. The Bertz CT molecular complexity index is 641. The predicted octanol–water partition coefficient (Wildman–Crippen LogP) is 2.13. The van der Waals surface area contributed by atoms with E-state index in [0.29, 0.717) is 5.69 Å². The molecule has 21 heavy (non-hydrogen) atoms. The molecule has 0 bridgehead atoms. The maximum absolute atomic E-state index is 12.4. The van der Waals surface area contributed by atoms with Gasteiger partial charge < -0.3 is 5.32 Å². The first-order chi connectivity index (χ1) is 9.86. The molecule has 8 heteroatoms. The van der Waals surface area contributed by atoms with Crippen molar-refractivity contribution in [2.24, 2.45) is 0 Å². The lowest BCUT2D eigenvalue weighted by Gasteiger charge is -2.07. The van der Waals surface area contributed by atoms with Crippen LogP contribution in [-0.2, 0) is 12.7 Å². The van der Waals surface area contributed by atoms with Crippen molar-refractivity contribution in [3.05, 3.63) is 53.4 Å².